The normalized spacial score (nSPS) is 11.4. The minimum Gasteiger partial charge on any atom is -0.497 e. The van der Waals surface area contributed by atoms with Gasteiger partial charge < -0.3 is 25.2 Å². The highest BCUT2D eigenvalue weighted by Gasteiger charge is 2.19. The Balaban J connectivity index is 1.69. The summed E-state index contributed by atoms with van der Waals surface area (Å²) in [7, 11) is 3.30. The molecule has 3 rings (SSSR count). The number of hydrogen-bond donors (Lipinski definition) is 2. The Morgan fingerprint density at radius 3 is 2.42 bits per heavy atom. The maximum absolute atomic E-state index is 13.1. The fraction of sp³-hybridized carbons (Fsp3) is 0.192. The first kappa shape index (κ1) is 23.7. The third-order valence-corrected chi connectivity index (χ3v) is 5.35. The molecule has 0 aliphatic carbocycles. The van der Waals surface area contributed by atoms with E-state index in [1.165, 1.54) is 18.3 Å². The summed E-state index contributed by atoms with van der Waals surface area (Å²) < 4.78 is 18.3. The van der Waals surface area contributed by atoms with E-state index >= 15 is 0 Å². The maximum atomic E-state index is 13.1. The quantitative estimate of drug-likeness (QED) is 0.342. The van der Waals surface area contributed by atoms with Crippen molar-refractivity contribution in [2.45, 2.75) is 18.9 Å². The Kier molecular flexibility index (Phi) is 7.91. The Labute approximate surface area is 192 Å². The molecule has 170 valence electrons. The summed E-state index contributed by atoms with van der Waals surface area (Å²) in [5.41, 5.74) is 3.49. The number of anilines is 2. The fourth-order valence-corrected chi connectivity index (χ4v) is 3.42. The van der Waals surface area contributed by atoms with Crippen LogP contribution in [0.15, 0.2) is 66.7 Å². The number of halogens is 1. The topological polar surface area (TPSA) is 82.5 Å². The number of hydrogen-bond acceptors (Lipinski definition) is 5. The first-order valence-corrected chi connectivity index (χ1v) is 10.4. The van der Waals surface area contributed by atoms with E-state index in [4.69, 9.17) is 10.1 Å². The van der Waals surface area contributed by atoms with Crippen molar-refractivity contribution in [3.05, 3.63) is 89.2 Å². The first-order chi connectivity index (χ1) is 15.9. The van der Waals surface area contributed by atoms with Crippen molar-refractivity contribution in [2.75, 3.05) is 19.5 Å². The van der Waals surface area contributed by atoms with Gasteiger partial charge in [0.05, 0.1) is 7.11 Å². The summed E-state index contributed by atoms with van der Waals surface area (Å²) >= 11 is 0. The van der Waals surface area contributed by atoms with Gasteiger partial charge in [-0.05, 0) is 59.7 Å². The zero-order valence-electron chi connectivity index (χ0n) is 18.5. The minimum absolute atomic E-state index is 0.0261. The van der Waals surface area contributed by atoms with Crippen LogP contribution >= 0.6 is 0 Å². The largest absolute Gasteiger partial charge is 0.497 e. The summed E-state index contributed by atoms with van der Waals surface area (Å²) in [6, 6.07) is 18.6. The number of carbonyl (C=O) groups is 2. The standard InChI is InChI=1S/C26H26FN3O3/c1-30(16-18-3-10-24(33-2)11-4-18)26(32)14-21(17-31)19-5-12-25(20(13-19)15-28)29-23-8-6-22(27)7-9-23/h3-13,15,17,21,28-29H,14,16H2,1-2H3. The van der Waals surface area contributed by atoms with Crippen LogP contribution in [0, 0.1) is 11.2 Å². The van der Waals surface area contributed by atoms with Gasteiger partial charge >= 0.3 is 0 Å². The van der Waals surface area contributed by atoms with Crippen molar-refractivity contribution >= 4 is 29.8 Å². The number of amides is 1. The second-order valence-electron chi connectivity index (χ2n) is 7.67. The molecule has 0 aliphatic heterocycles. The Morgan fingerprint density at radius 2 is 1.82 bits per heavy atom. The highest BCUT2D eigenvalue weighted by Crippen LogP contribution is 2.26. The van der Waals surface area contributed by atoms with Crippen molar-refractivity contribution in [3.63, 3.8) is 0 Å². The number of aldehydes is 1. The van der Waals surface area contributed by atoms with Crippen molar-refractivity contribution in [1.29, 1.82) is 5.41 Å². The predicted molar refractivity (Wildman–Crippen MR) is 127 cm³/mol. The Morgan fingerprint density at radius 1 is 1.12 bits per heavy atom. The van der Waals surface area contributed by atoms with Crippen molar-refractivity contribution in [1.82, 2.24) is 4.90 Å². The molecule has 2 N–H and O–H groups in total. The van der Waals surface area contributed by atoms with Crippen LogP contribution in [0.1, 0.15) is 29.0 Å². The van der Waals surface area contributed by atoms with Gasteiger partial charge in [-0.1, -0.05) is 18.2 Å². The van der Waals surface area contributed by atoms with Crippen LogP contribution in [0.5, 0.6) is 5.75 Å². The molecular formula is C26H26FN3O3. The van der Waals surface area contributed by atoms with E-state index in [2.05, 4.69) is 5.32 Å². The van der Waals surface area contributed by atoms with Gasteiger partial charge in [0.25, 0.3) is 0 Å². The minimum atomic E-state index is -0.630. The van der Waals surface area contributed by atoms with Gasteiger partial charge in [-0.3, -0.25) is 4.79 Å². The molecule has 0 heterocycles. The van der Waals surface area contributed by atoms with E-state index in [1.54, 1.807) is 49.4 Å². The van der Waals surface area contributed by atoms with E-state index in [1.807, 2.05) is 24.3 Å². The molecule has 1 atom stereocenters. The van der Waals surface area contributed by atoms with Crippen LogP contribution in [0.2, 0.25) is 0 Å². The lowest BCUT2D eigenvalue weighted by molar-refractivity contribution is -0.131. The molecule has 0 spiro atoms. The number of benzene rings is 3. The average molecular weight is 448 g/mol. The number of rotatable bonds is 10. The molecule has 0 aromatic heterocycles. The summed E-state index contributed by atoms with van der Waals surface area (Å²) in [6.07, 6.45) is 1.96. The SMILES string of the molecule is COc1ccc(CN(C)C(=O)CC(C=O)c2ccc(Nc3ccc(F)cc3)c(C=N)c2)cc1. The van der Waals surface area contributed by atoms with Gasteiger partial charge in [0.2, 0.25) is 5.91 Å². The molecule has 33 heavy (non-hydrogen) atoms. The Bertz CT molecular complexity index is 1110. The van der Waals surface area contributed by atoms with Gasteiger partial charge in [0.1, 0.15) is 17.9 Å². The monoisotopic (exact) mass is 447 g/mol. The summed E-state index contributed by atoms with van der Waals surface area (Å²) in [6.45, 7) is 0.417. The molecule has 0 saturated heterocycles. The highest BCUT2D eigenvalue weighted by atomic mass is 19.1. The highest BCUT2D eigenvalue weighted by molar-refractivity contribution is 5.89. The second kappa shape index (κ2) is 11.0. The molecule has 3 aromatic carbocycles. The number of methoxy groups -OCH3 is 1. The second-order valence-corrected chi connectivity index (χ2v) is 7.67. The van der Waals surface area contributed by atoms with Gasteiger partial charge in [0.15, 0.2) is 0 Å². The first-order valence-electron chi connectivity index (χ1n) is 10.4. The third-order valence-electron chi connectivity index (χ3n) is 5.35. The number of ether oxygens (including phenoxy) is 1. The van der Waals surface area contributed by atoms with E-state index in [9.17, 15) is 14.0 Å². The molecule has 0 bridgehead atoms. The number of carbonyl (C=O) groups excluding carboxylic acids is 2. The smallest absolute Gasteiger partial charge is 0.223 e. The molecule has 3 aromatic rings. The zero-order valence-corrected chi connectivity index (χ0v) is 18.5. The molecule has 7 heteroatoms. The summed E-state index contributed by atoms with van der Waals surface area (Å²) in [5.74, 6) is -0.381. The van der Waals surface area contributed by atoms with Crippen LogP contribution < -0.4 is 10.1 Å². The fourth-order valence-electron chi connectivity index (χ4n) is 3.42. The van der Waals surface area contributed by atoms with Gasteiger partial charge in [-0.15, -0.1) is 0 Å². The van der Waals surface area contributed by atoms with Crippen LogP contribution in [-0.4, -0.2) is 37.5 Å². The van der Waals surface area contributed by atoms with Crippen molar-refractivity contribution in [2.24, 2.45) is 0 Å². The third kappa shape index (κ3) is 6.26. The van der Waals surface area contributed by atoms with Crippen molar-refractivity contribution in [3.8, 4) is 5.75 Å². The maximum Gasteiger partial charge on any atom is 0.223 e. The van der Waals surface area contributed by atoms with E-state index in [0.29, 0.717) is 29.0 Å². The van der Waals surface area contributed by atoms with E-state index in [-0.39, 0.29) is 18.1 Å². The van der Waals surface area contributed by atoms with Gasteiger partial charge in [-0.25, -0.2) is 4.39 Å². The van der Waals surface area contributed by atoms with Crippen molar-refractivity contribution < 1.29 is 18.7 Å². The number of nitrogens with zero attached hydrogens (tertiary/aromatic N) is 1. The lowest BCUT2D eigenvalue weighted by Crippen LogP contribution is -2.28. The molecule has 0 saturated carbocycles. The Hall–Kier alpha value is -4.00. The molecule has 0 radical (unpaired) electrons. The van der Waals surface area contributed by atoms with E-state index in [0.717, 1.165) is 17.6 Å². The molecule has 1 amide bonds. The summed E-state index contributed by atoms with van der Waals surface area (Å²) in [4.78, 5) is 26.1. The van der Waals surface area contributed by atoms with Crippen LogP contribution in [0.25, 0.3) is 0 Å². The lowest BCUT2D eigenvalue weighted by Gasteiger charge is -2.20. The molecule has 0 fully saturated rings. The van der Waals surface area contributed by atoms with Crippen LogP contribution in [-0.2, 0) is 16.1 Å². The molecule has 1 unspecified atom stereocenters. The predicted octanol–water partition coefficient (Wildman–Crippen LogP) is 4.91. The van der Waals surface area contributed by atoms with Gasteiger partial charge in [-0.2, -0.15) is 0 Å². The van der Waals surface area contributed by atoms with Crippen LogP contribution in [0.3, 0.4) is 0 Å². The number of nitrogens with one attached hydrogen (secondary N) is 2. The average Bonchev–Trinajstić information content (AvgIpc) is 2.84. The molecular weight excluding hydrogens is 421 g/mol. The molecule has 6 nitrogen and oxygen atoms in total. The van der Waals surface area contributed by atoms with Crippen LogP contribution in [0.4, 0.5) is 15.8 Å². The molecule has 0 aliphatic rings. The zero-order chi connectivity index (χ0) is 23.8. The lowest BCUT2D eigenvalue weighted by atomic mass is 9.94. The van der Waals surface area contributed by atoms with E-state index < -0.39 is 5.92 Å². The van der Waals surface area contributed by atoms with Gasteiger partial charge in [0, 0.05) is 49.1 Å². The summed E-state index contributed by atoms with van der Waals surface area (Å²) in [5, 5.41) is 10.9.